The van der Waals surface area contributed by atoms with Gasteiger partial charge in [-0.05, 0) is 30.5 Å². The molecule has 0 spiro atoms. The molecule has 3 amide bonds. The minimum Gasteiger partial charge on any atom is -0.347 e. The molecular weight excluding hydrogens is 325 g/mol. The van der Waals surface area contributed by atoms with Crippen LogP contribution < -0.4 is 10.6 Å². The summed E-state index contributed by atoms with van der Waals surface area (Å²) in [5, 5.41) is 4.94. The van der Waals surface area contributed by atoms with E-state index in [0.29, 0.717) is 19.0 Å². The Balaban J connectivity index is 1.81. The Hall–Kier alpha value is -2.44. The highest BCUT2D eigenvalue weighted by molar-refractivity contribution is 5.96. The molecule has 25 heavy (non-hydrogen) atoms. The molecule has 2 rings (SSSR count). The summed E-state index contributed by atoms with van der Waals surface area (Å²) >= 11 is 0. The van der Waals surface area contributed by atoms with E-state index in [1.54, 1.807) is 17.9 Å². The average molecular weight is 349 g/mol. The Morgan fingerprint density at radius 3 is 2.72 bits per heavy atom. The van der Waals surface area contributed by atoms with Crippen molar-refractivity contribution in [2.24, 2.45) is 11.8 Å². The van der Waals surface area contributed by atoms with Crippen LogP contribution in [0.2, 0.25) is 0 Å². The van der Waals surface area contributed by atoms with Crippen molar-refractivity contribution in [3.8, 4) is 0 Å². The van der Waals surface area contributed by atoms with Gasteiger partial charge in [0, 0.05) is 19.5 Å². The zero-order valence-corrected chi connectivity index (χ0v) is 14.8. The van der Waals surface area contributed by atoms with Gasteiger partial charge < -0.3 is 15.5 Å². The van der Waals surface area contributed by atoms with E-state index in [0.717, 1.165) is 5.56 Å². The van der Waals surface area contributed by atoms with Crippen LogP contribution in [0.25, 0.3) is 0 Å². The van der Waals surface area contributed by atoms with Gasteiger partial charge in [-0.1, -0.05) is 19.9 Å². The first-order valence-electron chi connectivity index (χ1n) is 8.37. The van der Waals surface area contributed by atoms with Crippen LogP contribution in [0.3, 0.4) is 0 Å². The Morgan fingerprint density at radius 2 is 2.08 bits per heavy atom. The molecule has 7 heteroatoms. The summed E-state index contributed by atoms with van der Waals surface area (Å²) in [5.41, 5.74) is 0.824. The second kappa shape index (κ2) is 8.09. The summed E-state index contributed by atoms with van der Waals surface area (Å²) in [5.74, 6) is -1.53. The number of aryl methyl sites for hydroxylation is 1. The lowest BCUT2D eigenvalue weighted by atomic mass is 10.1. The number of amides is 3. The maximum Gasteiger partial charge on any atom is 0.243 e. The molecule has 1 unspecified atom stereocenters. The van der Waals surface area contributed by atoms with E-state index < -0.39 is 17.6 Å². The molecule has 0 bridgehead atoms. The van der Waals surface area contributed by atoms with Crippen molar-refractivity contribution in [3.05, 3.63) is 29.6 Å². The van der Waals surface area contributed by atoms with Gasteiger partial charge in [-0.15, -0.1) is 0 Å². The van der Waals surface area contributed by atoms with Gasteiger partial charge >= 0.3 is 0 Å². The Kier molecular flexibility index (Phi) is 6.12. The van der Waals surface area contributed by atoms with Crippen LogP contribution >= 0.6 is 0 Å². The second-order valence-corrected chi connectivity index (χ2v) is 6.84. The first-order chi connectivity index (χ1) is 11.8. The first-order valence-corrected chi connectivity index (χ1v) is 8.37. The molecule has 6 nitrogen and oxygen atoms in total. The molecule has 1 aromatic carbocycles. The van der Waals surface area contributed by atoms with Crippen LogP contribution in [-0.2, 0) is 14.4 Å². The van der Waals surface area contributed by atoms with Crippen LogP contribution in [0, 0.1) is 24.6 Å². The molecule has 1 atom stereocenters. The van der Waals surface area contributed by atoms with Crippen molar-refractivity contribution in [3.63, 3.8) is 0 Å². The third-order valence-electron chi connectivity index (χ3n) is 3.99. The van der Waals surface area contributed by atoms with Gasteiger partial charge in [-0.25, -0.2) is 4.39 Å². The van der Waals surface area contributed by atoms with Crippen molar-refractivity contribution >= 4 is 23.4 Å². The largest absolute Gasteiger partial charge is 0.347 e. The number of carbonyl (C=O) groups is 3. The van der Waals surface area contributed by atoms with Gasteiger partial charge in [0.15, 0.2) is 0 Å². The van der Waals surface area contributed by atoms with Crippen molar-refractivity contribution in [2.45, 2.75) is 27.2 Å². The zero-order valence-electron chi connectivity index (χ0n) is 14.8. The van der Waals surface area contributed by atoms with E-state index in [1.807, 2.05) is 13.8 Å². The van der Waals surface area contributed by atoms with Crippen molar-refractivity contribution < 1.29 is 18.8 Å². The second-order valence-electron chi connectivity index (χ2n) is 6.84. The highest BCUT2D eigenvalue weighted by Crippen LogP contribution is 2.19. The minimum atomic E-state index is -0.523. The summed E-state index contributed by atoms with van der Waals surface area (Å²) in [6.45, 7) is 6.50. The third kappa shape index (κ3) is 5.27. The summed E-state index contributed by atoms with van der Waals surface area (Å²) in [6.07, 6.45) is 0.159. The van der Waals surface area contributed by atoms with E-state index in [4.69, 9.17) is 0 Å². The Bertz CT molecular complexity index is 676. The van der Waals surface area contributed by atoms with Crippen molar-refractivity contribution in [2.75, 3.05) is 25.0 Å². The maximum atomic E-state index is 13.7. The van der Waals surface area contributed by atoms with Gasteiger partial charge in [0.05, 0.1) is 18.2 Å². The normalized spacial score (nSPS) is 17.1. The van der Waals surface area contributed by atoms with E-state index in [1.165, 1.54) is 12.1 Å². The predicted molar refractivity (Wildman–Crippen MR) is 92.3 cm³/mol. The number of halogens is 1. The highest BCUT2D eigenvalue weighted by atomic mass is 19.1. The van der Waals surface area contributed by atoms with Gasteiger partial charge in [-0.3, -0.25) is 14.4 Å². The molecular formula is C18H24FN3O3. The SMILES string of the molecule is Cc1ccc(NC(=O)CNC(=O)C2CC(=O)N(CC(C)C)C2)c(F)c1. The summed E-state index contributed by atoms with van der Waals surface area (Å²) < 4.78 is 13.7. The molecule has 0 aromatic heterocycles. The number of benzene rings is 1. The molecule has 0 aliphatic carbocycles. The van der Waals surface area contributed by atoms with Gasteiger partial charge in [0.25, 0.3) is 0 Å². The molecule has 1 heterocycles. The molecule has 2 N–H and O–H groups in total. The van der Waals surface area contributed by atoms with E-state index in [2.05, 4.69) is 10.6 Å². The Labute approximate surface area is 146 Å². The maximum absolute atomic E-state index is 13.7. The number of rotatable bonds is 6. The first kappa shape index (κ1) is 18.9. The quantitative estimate of drug-likeness (QED) is 0.820. The number of nitrogens with zero attached hydrogens (tertiary/aromatic N) is 1. The topological polar surface area (TPSA) is 78.5 Å². The molecule has 136 valence electrons. The van der Waals surface area contributed by atoms with Crippen molar-refractivity contribution in [1.82, 2.24) is 10.2 Å². The fraction of sp³-hybridized carbons (Fsp3) is 0.500. The molecule has 1 aromatic rings. The zero-order chi connectivity index (χ0) is 18.6. The van der Waals surface area contributed by atoms with E-state index in [9.17, 15) is 18.8 Å². The van der Waals surface area contributed by atoms with Gasteiger partial charge in [0.2, 0.25) is 17.7 Å². The van der Waals surface area contributed by atoms with Crippen LogP contribution in [0.1, 0.15) is 25.8 Å². The van der Waals surface area contributed by atoms with Crippen LogP contribution in [0.15, 0.2) is 18.2 Å². The lowest BCUT2D eigenvalue weighted by Crippen LogP contribution is -2.38. The van der Waals surface area contributed by atoms with Crippen molar-refractivity contribution in [1.29, 1.82) is 0 Å². The molecule has 0 radical (unpaired) electrons. The third-order valence-corrected chi connectivity index (χ3v) is 3.99. The van der Waals surface area contributed by atoms with Crippen LogP contribution in [0.5, 0.6) is 0 Å². The molecule has 1 aliphatic rings. The number of hydrogen-bond acceptors (Lipinski definition) is 3. The standard InChI is InChI=1S/C18H24FN3O3/c1-11(2)9-22-10-13(7-17(22)24)18(25)20-8-16(23)21-15-5-4-12(3)6-14(15)19/h4-6,11,13H,7-10H2,1-3H3,(H,20,25)(H,21,23). The van der Waals surface area contributed by atoms with Crippen LogP contribution in [0.4, 0.5) is 10.1 Å². The molecule has 0 saturated carbocycles. The molecule has 1 fully saturated rings. The van der Waals surface area contributed by atoms with E-state index >= 15 is 0 Å². The predicted octanol–water partition coefficient (Wildman–Crippen LogP) is 1.69. The number of nitrogens with one attached hydrogen (secondary N) is 2. The van der Waals surface area contributed by atoms with Crippen LogP contribution in [-0.4, -0.2) is 42.3 Å². The highest BCUT2D eigenvalue weighted by Gasteiger charge is 2.34. The number of hydrogen-bond donors (Lipinski definition) is 2. The summed E-state index contributed by atoms with van der Waals surface area (Å²) in [7, 11) is 0. The summed E-state index contributed by atoms with van der Waals surface area (Å²) in [4.78, 5) is 37.6. The lowest BCUT2D eigenvalue weighted by Gasteiger charge is -2.18. The molecule has 1 saturated heterocycles. The smallest absolute Gasteiger partial charge is 0.243 e. The number of anilines is 1. The lowest BCUT2D eigenvalue weighted by molar-refractivity contribution is -0.129. The van der Waals surface area contributed by atoms with Gasteiger partial charge in [-0.2, -0.15) is 0 Å². The minimum absolute atomic E-state index is 0.0416. The fourth-order valence-electron chi connectivity index (χ4n) is 2.79. The average Bonchev–Trinajstić information content (AvgIpc) is 2.88. The molecule has 1 aliphatic heterocycles. The number of carbonyl (C=O) groups excluding carboxylic acids is 3. The Morgan fingerprint density at radius 1 is 1.36 bits per heavy atom. The fourth-order valence-corrected chi connectivity index (χ4v) is 2.79. The monoisotopic (exact) mass is 349 g/mol. The van der Waals surface area contributed by atoms with Gasteiger partial charge in [0.1, 0.15) is 5.82 Å². The summed E-state index contributed by atoms with van der Waals surface area (Å²) in [6, 6.07) is 4.48. The number of likely N-dealkylation sites (tertiary alicyclic amines) is 1. The van der Waals surface area contributed by atoms with E-state index in [-0.39, 0.29) is 30.5 Å².